The highest BCUT2D eigenvalue weighted by Crippen LogP contribution is 2.20. The van der Waals surface area contributed by atoms with Crippen LogP contribution in [0, 0.1) is 4.91 Å². The summed E-state index contributed by atoms with van der Waals surface area (Å²) >= 11 is 0. The average molecular weight is 565 g/mol. The number of nitroso groups, excluding NO2 is 1. The van der Waals surface area contributed by atoms with Crippen molar-refractivity contribution in [3.8, 4) is 0 Å². The first kappa shape index (κ1) is 33.1. The summed E-state index contributed by atoms with van der Waals surface area (Å²) < 4.78 is 5.07. The van der Waals surface area contributed by atoms with Gasteiger partial charge in [-0.05, 0) is 70.3 Å². The Morgan fingerprint density at radius 1 is 1.10 bits per heavy atom. The molecule has 1 fully saturated rings. The molecule has 3 atom stereocenters. The third kappa shape index (κ3) is 12.8. The van der Waals surface area contributed by atoms with Gasteiger partial charge in [-0.2, -0.15) is 4.91 Å². The predicted octanol–water partition coefficient (Wildman–Crippen LogP) is 3.43. The smallest absolute Gasteiger partial charge is 0.407 e. The highest BCUT2D eigenvalue weighted by Gasteiger charge is 2.37. The number of alkyl carbamates (subject to hydrolysis) is 1. The van der Waals surface area contributed by atoms with Gasteiger partial charge in [-0.3, -0.25) is 4.79 Å². The van der Waals surface area contributed by atoms with E-state index in [1.807, 2.05) is 37.3 Å². The molecular formula is C28H44N4O8. The SMILES string of the molecule is CCOOCC(CCc1ccccc1)NC(CCCCNC(=O)OCCCCN=O)C(=O)N1CCCC1C(=O)O. The summed E-state index contributed by atoms with van der Waals surface area (Å²) in [5.41, 5.74) is 1.16. The molecule has 12 nitrogen and oxygen atoms in total. The molecule has 1 aliphatic heterocycles. The monoisotopic (exact) mass is 564 g/mol. The van der Waals surface area contributed by atoms with Gasteiger partial charge in [0.2, 0.25) is 5.91 Å². The zero-order valence-electron chi connectivity index (χ0n) is 23.4. The number of aryl methyl sites for hydroxylation is 1. The van der Waals surface area contributed by atoms with Gasteiger partial charge in [0.05, 0.1) is 32.4 Å². The second kappa shape index (κ2) is 19.9. The van der Waals surface area contributed by atoms with Crippen molar-refractivity contribution in [3.05, 3.63) is 40.8 Å². The molecule has 0 bridgehead atoms. The Morgan fingerprint density at radius 2 is 1.90 bits per heavy atom. The number of carbonyl (C=O) groups is 3. The van der Waals surface area contributed by atoms with Crippen molar-refractivity contribution in [2.24, 2.45) is 5.18 Å². The van der Waals surface area contributed by atoms with Gasteiger partial charge < -0.3 is 25.4 Å². The van der Waals surface area contributed by atoms with Crippen molar-refractivity contribution in [3.63, 3.8) is 0 Å². The molecule has 1 aromatic rings. The van der Waals surface area contributed by atoms with Crippen LogP contribution in [0.1, 0.15) is 63.9 Å². The van der Waals surface area contributed by atoms with Crippen molar-refractivity contribution in [2.45, 2.75) is 82.8 Å². The molecule has 40 heavy (non-hydrogen) atoms. The summed E-state index contributed by atoms with van der Waals surface area (Å²) in [6.07, 6.45) is 4.87. The molecule has 12 heteroatoms. The summed E-state index contributed by atoms with van der Waals surface area (Å²) in [5, 5.41) is 18.5. The Balaban J connectivity index is 1.95. The van der Waals surface area contributed by atoms with Gasteiger partial charge in [0, 0.05) is 19.1 Å². The van der Waals surface area contributed by atoms with Crippen LogP contribution in [0.15, 0.2) is 35.5 Å². The molecule has 1 aromatic carbocycles. The van der Waals surface area contributed by atoms with Crippen LogP contribution in [0.2, 0.25) is 0 Å². The number of carboxylic acids is 1. The molecular weight excluding hydrogens is 520 g/mol. The highest BCUT2D eigenvalue weighted by atomic mass is 17.2. The van der Waals surface area contributed by atoms with Gasteiger partial charge >= 0.3 is 12.1 Å². The van der Waals surface area contributed by atoms with E-state index in [0.717, 1.165) is 12.0 Å². The number of rotatable bonds is 21. The molecule has 0 aliphatic carbocycles. The van der Waals surface area contributed by atoms with E-state index in [4.69, 9.17) is 14.5 Å². The first-order chi connectivity index (χ1) is 19.5. The molecule has 1 heterocycles. The third-order valence-electron chi connectivity index (χ3n) is 6.72. The quantitative estimate of drug-likeness (QED) is 0.0881. The van der Waals surface area contributed by atoms with Crippen LogP contribution >= 0.6 is 0 Å². The zero-order valence-corrected chi connectivity index (χ0v) is 23.4. The van der Waals surface area contributed by atoms with Gasteiger partial charge in [0.1, 0.15) is 6.04 Å². The van der Waals surface area contributed by atoms with Gasteiger partial charge in [0.15, 0.2) is 0 Å². The molecule has 224 valence electrons. The van der Waals surface area contributed by atoms with Crippen LogP contribution in [0.5, 0.6) is 0 Å². The Bertz CT molecular complexity index is 888. The van der Waals surface area contributed by atoms with Crippen molar-refractivity contribution in [2.75, 3.05) is 39.5 Å². The maximum Gasteiger partial charge on any atom is 0.407 e. The Labute approximate surface area is 236 Å². The minimum absolute atomic E-state index is 0.200. The number of ether oxygens (including phenoxy) is 1. The van der Waals surface area contributed by atoms with E-state index in [1.54, 1.807) is 0 Å². The molecule has 1 saturated heterocycles. The standard InChI is InChI=1S/C28H44N4O8/c1-2-39-40-21-23(16-15-22-11-4-3-5-12-22)31-24(26(33)32-19-10-14-25(32)27(34)35)13-6-7-17-29-28(36)38-20-9-8-18-30-37/h3-5,11-12,23-25,31H,2,6-10,13-21H2,1H3,(H,29,36)(H,34,35). The number of hydrogen-bond donors (Lipinski definition) is 3. The van der Waals surface area contributed by atoms with Gasteiger partial charge in [-0.1, -0.05) is 35.5 Å². The van der Waals surface area contributed by atoms with E-state index in [0.29, 0.717) is 71.1 Å². The first-order valence-electron chi connectivity index (χ1n) is 14.2. The van der Waals surface area contributed by atoms with Gasteiger partial charge in [-0.15, -0.1) is 0 Å². The Hall–Kier alpha value is -3.09. The number of likely N-dealkylation sites (tertiary alicyclic amines) is 1. The van der Waals surface area contributed by atoms with Crippen molar-refractivity contribution in [1.29, 1.82) is 0 Å². The molecule has 3 N–H and O–H groups in total. The minimum atomic E-state index is -0.991. The van der Waals surface area contributed by atoms with E-state index >= 15 is 0 Å². The second-order valence-electron chi connectivity index (χ2n) is 9.78. The van der Waals surface area contributed by atoms with Crippen LogP contribution in [-0.4, -0.2) is 85.6 Å². The summed E-state index contributed by atoms with van der Waals surface area (Å²) in [4.78, 5) is 59.2. The van der Waals surface area contributed by atoms with Crippen LogP contribution in [0.4, 0.5) is 4.79 Å². The number of nitrogens with zero attached hydrogens (tertiary/aromatic N) is 2. The molecule has 2 rings (SSSR count). The van der Waals surface area contributed by atoms with Crippen LogP contribution in [-0.2, 0) is 30.5 Å². The largest absolute Gasteiger partial charge is 0.480 e. The summed E-state index contributed by atoms with van der Waals surface area (Å²) in [6.45, 7) is 3.67. The van der Waals surface area contributed by atoms with Gasteiger partial charge in [0.25, 0.3) is 0 Å². The second-order valence-corrected chi connectivity index (χ2v) is 9.78. The lowest BCUT2D eigenvalue weighted by Crippen LogP contribution is -2.53. The number of carboxylic acid groups (broad SMARTS) is 1. The molecule has 0 spiro atoms. The van der Waals surface area contributed by atoms with Crippen molar-refractivity contribution < 1.29 is 34.0 Å². The maximum atomic E-state index is 13.6. The van der Waals surface area contributed by atoms with E-state index in [9.17, 15) is 24.4 Å². The van der Waals surface area contributed by atoms with Crippen LogP contribution in [0.25, 0.3) is 0 Å². The van der Waals surface area contributed by atoms with E-state index < -0.39 is 24.1 Å². The van der Waals surface area contributed by atoms with Crippen LogP contribution < -0.4 is 10.6 Å². The number of nitrogens with one attached hydrogen (secondary N) is 2. The van der Waals surface area contributed by atoms with Crippen molar-refractivity contribution in [1.82, 2.24) is 15.5 Å². The minimum Gasteiger partial charge on any atom is -0.480 e. The number of aliphatic carboxylic acids is 1. The number of benzene rings is 1. The lowest BCUT2D eigenvalue weighted by atomic mass is 10.0. The molecule has 3 unspecified atom stereocenters. The molecule has 1 aliphatic rings. The van der Waals surface area contributed by atoms with E-state index in [-0.39, 0.29) is 31.7 Å². The molecule has 0 saturated carbocycles. The highest BCUT2D eigenvalue weighted by molar-refractivity contribution is 5.87. The fraction of sp³-hybridized carbons (Fsp3) is 0.679. The molecule has 0 aromatic heterocycles. The summed E-state index contributed by atoms with van der Waals surface area (Å²) in [7, 11) is 0. The number of amides is 2. The summed E-state index contributed by atoms with van der Waals surface area (Å²) in [6, 6.07) is 8.39. The molecule has 2 amide bonds. The molecule has 0 radical (unpaired) electrons. The fourth-order valence-electron chi connectivity index (χ4n) is 4.62. The van der Waals surface area contributed by atoms with Crippen molar-refractivity contribution >= 4 is 18.0 Å². The first-order valence-corrected chi connectivity index (χ1v) is 14.2. The summed E-state index contributed by atoms with van der Waals surface area (Å²) in [5.74, 6) is -1.22. The Morgan fingerprint density at radius 3 is 2.62 bits per heavy atom. The van der Waals surface area contributed by atoms with Gasteiger partial charge in [-0.25, -0.2) is 19.4 Å². The topological polar surface area (TPSA) is 156 Å². The Kier molecular flexibility index (Phi) is 16.5. The maximum absolute atomic E-state index is 13.6. The predicted molar refractivity (Wildman–Crippen MR) is 149 cm³/mol. The average Bonchev–Trinajstić information content (AvgIpc) is 3.45. The third-order valence-corrected chi connectivity index (χ3v) is 6.72. The zero-order chi connectivity index (χ0) is 29.0. The lowest BCUT2D eigenvalue weighted by Gasteiger charge is -2.30. The van der Waals surface area contributed by atoms with E-state index in [2.05, 4.69) is 15.8 Å². The normalized spacial score (nSPS) is 16.3. The number of carbonyl (C=O) groups excluding carboxylic acids is 2. The number of unbranched alkanes of at least 4 members (excludes halogenated alkanes) is 2. The lowest BCUT2D eigenvalue weighted by molar-refractivity contribution is -0.294. The van der Waals surface area contributed by atoms with E-state index in [1.165, 1.54) is 4.90 Å². The fourth-order valence-corrected chi connectivity index (χ4v) is 4.62. The number of hydrogen-bond acceptors (Lipinski definition) is 9. The van der Waals surface area contributed by atoms with Crippen LogP contribution in [0.3, 0.4) is 0 Å².